The van der Waals surface area contributed by atoms with Crippen molar-refractivity contribution in [3.63, 3.8) is 0 Å². The number of ether oxygens (including phenoxy) is 2. The number of rotatable bonds is 7. The first-order chi connectivity index (χ1) is 17.2. The zero-order valence-electron chi connectivity index (χ0n) is 22.1. The second kappa shape index (κ2) is 11.5. The van der Waals surface area contributed by atoms with Crippen LogP contribution >= 0.6 is 0 Å². The summed E-state index contributed by atoms with van der Waals surface area (Å²) in [7, 11) is 1.62. The first kappa shape index (κ1) is 26.3. The Bertz CT molecular complexity index is 1050. The van der Waals surface area contributed by atoms with Gasteiger partial charge < -0.3 is 19.7 Å². The molecule has 36 heavy (non-hydrogen) atoms. The number of piperidine rings is 1. The number of carbonyl (C=O) groups is 1. The van der Waals surface area contributed by atoms with Gasteiger partial charge in [-0.05, 0) is 109 Å². The van der Waals surface area contributed by atoms with E-state index < -0.39 is 5.60 Å². The molecule has 2 fully saturated rings. The predicted octanol–water partition coefficient (Wildman–Crippen LogP) is 4.22. The van der Waals surface area contributed by atoms with E-state index in [1.807, 2.05) is 45.0 Å². The molecule has 9 nitrogen and oxygen atoms in total. The number of hydrogen-bond acceptors (Lipinski definition) is 6. The number of benzene rings is 1. The third-order valence-electron chi connectivity index (χ3n) is 7.27. The van der Waals surface area contributed by atoms with Gasteiger partial charge in [0, 0.05) is 18.5 Å². The quantitative estimate of drug-likeness (QED) is 0.591. The molecule has 0 unspecified atom stereocenters. The highest BCUT2D eigenvalue weighted by Gasteiger charge is 2.28. The summed E-state index contributed by atoms with van der Waals surface area (Å²) in [5, 5.41) is 7.67. The number of amides is 1. The van der Waals surface area contributed by atoms with Gasteiger partial charge in [0.05, 0.1) is 12.8 Å². The molecule has 1 saturated heterocycles. The maximum Gasteiger partial charge on any atom is 0.407 e. The Labute approximate surface area is 213 Å². The monoisotopic (exact) mass is 499 g/mol. The number of methoxy groups -OCH3 is 1. The van der Waals surface area contributed by atoms with Gasteiger partial charge >= 0.3 is 11.8 Å². The van der Waals surface area contributed by atoms with E-state index in [2.05, 4.69) is 20.3 Å². The molecule has 1 aromatic heterocycles. The number of hydrogen-bond donors (Lipinski definition) is 2. The molecule has 1 aromatic carbocycles. The third-order valence-corrected chi connectivity index (χ3v) is 7.27. The van der Waals surface area contributed by atoms with Crippen molar-refractivity contribution in [2.75, 3.05) is 26.7 Å². The topological polar surface area (TPSA) is 101 Å². The van der Waals surface area contributed by atoms with Gasteiger partial charge in [0.2, 0.25) is 0 Å². The second-order valence-corrected chi connectivity index (χ2v) is 11.2. The van der Waals surface area contributed by atoms with Crippen LogP contribution in [0.3, 0.4) is 0 Å². The summed E-state index contributed by atoms with van der Waals surface area (Å²) in [4.78, 5) is 30.1. The average Bonchev–Trinajstić information content (AvgIpc) is 3.24. The molecule has 198 valence electrons. The Morgan fingerprint density at radius 3 is 2.53 bits per heavy atom. The van der Waals surface area contributed by atoms with E-state index in [0.29, 0.717) is 5.92 Å². The van der Waals surface area contributed by atoms with Crippen LogP contribution in [0.1, 0.15) is 77.5 Å². The van der Waals surface area contributed by atoms with Crippen molar-refractivity contribution in [1.82, 2.24) is 25.0 Å². The van der Waals surface area contributed by atoms with Crippen molar-refractivity contribution in [2.24, 2.45) is 5.92 Å². The Hall–Kier alpha value is -2.81. The second-order valence-electron chi connectivity index (χ2n) is 11.2. The maximum absolute atomic E-state index is 12.6. The average molecular weight is 500 g/mol. The first-order valence-corrected chi connectivity index (χ1v) is 13.3. The maximum atomic E-state index is 12.6. The largest absolute Gasteiger partial charge is 0.497 e. The molecule has 2 aromatic rings. The minimum absolute atomic E-state index is 0.205. The molecule has 4 rings (SSSR count). The van der Waals surface area contributed by atoms with Crippen LogP contribution in [0.25, 0.3) is 5.69 Å². The highest BCUT2D eigenvalue weighted by Crippen LogP contribution is 2.29. The molecular formula is C27H41N5O4. The number of nitrogens with zero attached hydrogens (tertiary/aromatic N) is 3. The standard InChI is InChI=1S/C27H41N5O4/c1-27(2,3)36-26(34)28-21-9-7-19(8-10-21)15-17-31-16-5-6-20(18-31)24-29-25(33)32(30-24)22-11-13-23(35-4)14-12-22/h11-14,19-21H,5-10,15-18H2,1-4H3,(H,28,34)(H,29,30,33)/t19?,20-,21?/m0/s1. The number of alkyl carbamates (subject to hydrolysis) is 1. The molecule has 1 atom stereocenters. The van der Waals surface area contributed by atoms with Crippen molar-refractivity contribution in [1.29, 1.82) is 0 Å². The van der Waals surface area contributed by atoms with Crippen LogP contribution in [0.15, 0.2) is 29.1 Å². The predicted molar refractivity (Wildman–Crippen MR) is 139 cm³/mol. The number of nitrogens with one attached hydrogen (secondary N) is 2. The van der Waals surface area contributed by atoms with Gasteiger partial charge in [-0.3, -0.25) is 4.98 Å². The number of aromatic amines is 1. The van der Waals surface area contributed by atoms with Gasteiger partial charge in [-0.25, -0.2) is 9.59 Å². The molecule has 2 heterocycles. The minimum Gasteiger partial charge on any atom is -0.497 e. The van der Waals surface area contributed by atoms with Crippen LogP contribution in [0.5, 0.6) is 5.75 Å². The molecule has 9 heteroatoms. The van der Waals surface area contributed by atoms with E-state index in [9.17, 15) is 9.59 Å². The fourth-order valence-corrected chi connectivity index (χ4v) is 5.34. The van der Waals surface area contributed by atoms with Crippen LogP contribution in [0, 0.1) is 5.92 Å². The molecule has 1 amide bonds. The molecule has 2 N–H and O–H groups in total. The van der Waals surface area contributed by atoms with Gasteiger partial charge in [0.25, 0.3) is 0 Å². The summed E-state index contributed by atoms with van der Waals surface area (Å²) in [5.41, 5.74) is 0.0609. The molecule has 1 saturated carbocycles. The first-order valence-electron chi connectivity index (χ1n) is 13.3. The van der Waals surface area contributed by atoms with Crippen LogP contribution in [-0.2, 0) is 4.74 Å². The number of aromatic nitrogens is 3. The van der Waals surface area contributed by atoms with Crippen molar-refractivity contribution in [2.45, 2.75) is 83.3 Å². The van der Waals surface area contributed by atoms with Crippen LogP contribution in [-0.4, -0.2) is 64.1 Å². The fourth-order valence-electron chi connectivity index (χ4n) is 5.34. The lowest BCUT2D eigenvalue weighted by atomic mass is 9.84. The zero-order valence-corrected chi connectivity index (χ0v) is 22.1. The number of H-pyrrole nitrogens is 1. The van der Waals surface area contributed by atoms with Crippen molar-refractivity contribution in [3.05, 3.63) is 40.6 Å². The minimum atomic E-state index is -0.464. The SMILES string of the molecule is COc1ccc(-n2nc([C@H]3CCCN(CCC4CCC(NC(=O)OC(C)(C)C)CC4)C3)[nH]c2=O)cc1. The van der Waals surface area contributed by atoms with E-state index in [0.717, 1.165) is 75.4 Å². The fraction of sp³-hybridized carbons (Fsp3) is 0.667. The highest BCUT2D eigenvalue weighted by molar-refractivity contribution is 5.68. The van der Waals surface area contributed by atoms with Gasteiger partial charge in [0.1, 0.15) is 17.2 Å². The van der Waals surface area contributed by atoms with E-state index >= 15 is 0 Å². The lowest BCUT2D eigenvalue weighted by Gasteiger charge is -2.34. The van der Waals surface area contributed by atoms with Crippen LogP contribution in [0.4, 0.5) is 4.79 Å². The van der Waals surface area contributed by atoms with Crippen LogP contribution in [0.2, 0.25) is 0 Å². The molecule has 0 bridgehead atoms. The Morgan fingerprint density at radius 1 is 1.14 bits per heavy atom. The zero-order chi connectivity index (χ0) is 25.7. The molecule has 0 radical (unpaired) electrons. The van der Waals surface area contributed by atoms with E-state index in [1.165, 1.54) is 11.1 Å². The number of likely N-dealkylation sites (tertiary alicyclic amines) is 1. The van der Waals surface area contributed by atoms with Crippen molar-refractivity contribution < 1.29 is 14.3 Å². The summed E-state index contributed by atoms with van der Waals surface area (Å²) >= 11 is 0. The van der Waals surface area contributed by atoms with E-state index in [-0.39, 0.29) is 23.7 Å². The molecular weight excluding hydrogens is 458 g/mol. The van der Waals surface area contributed by atoms with Crippen molar-refractivity contribution >= 4 is 6.09 Å². The molecule has 1 aliphatic carbocycles. The molecule has 2 aliphatic rings. The summed E-state index contributed by atoms with van der Waals surface area (Å²) < 4.78 is 12.0. The lowest BCUT2D eigenvalue weighted by molar-refractivity contribution is 0.0485. The lowest BCUT2D eigenvalue weighted by Crippen LogP contribution is -2.41. The van der Waals surface area contributed by atoms with E-state index in [4.69, 9.17) is 9.47 Å². The molecule has 1 aliphatic heterocycles. The summed E-state index contributed by atoms with van der Waals surface area (Å²) in [5.74, 6) is 2.45. The van der Waals surface area contributed by atoms with Crippen LogP contribution < -0.4 is 15.7 Å². The van der Waals surface area contributed by atoms with E-state index in [1.54, 1.807) is 7.11 Å². The van der Waals surface area contributed by atoms with Gasteiger partial charge in [-0.2, -0.15) is 4.68 Å². The Balaban J connectivity index is 1.24. The third kappa shape index (κ3) is 7.12. The Kier molecular flexibility index (Phi) is 8.39. The van der Waals surface area contributed by atoms with Crippen molar-refractivity contribution in [3.8, 4) is 11.4 Å². The number of carbonyl (C=O) groups excluding carboxylic acids is 1. The van der Waals surface area contributed by atoms with Gasteiger partial charge in [-0.1, -0.05) is 0 Å². The highest BCUT2D eigenvalue weighted by atomic mass is 16.6. The summed E-state index contributed by atoms with van der Waals surface area (Å²) in [6.45, 7) is 8.74. The Morgan fingerprint density at radius 2 is 1.86 bits per heavy atom. The summed E-state index contributed by atoms with van der Waals surface area (Å²) in [6.07, 6.45) is 7.30. The van der Waals surface area contributed by atoms with Gasteiger partial charge in [0.15, 0.2) is 0 Å². The molecule has 0 spiro atoms. The summed E-state index contributed by atoms with van der Waals surface area (Å²) in [6, 6.07) is 7.57. The normalized spacial score (nSPS) is 23.3. The van der Waals surface area contributed by atoms with Gasteiger partial charge in [-0.15, -0.1) is 5.10 Å². The smallest absolute Gasteiger partial charge is 0.407 e.